The summed E-state index contributed by atoms with van der Waals surface area (Å²) in [5, 5.41) is 22.0. The first-order chi connectivity index (χ1) is 14.8. The number of rotatable bonds is 5. The van der Waals surface area contributed by atoms with Crippen LogP contribution in [0.1, 0.15) is 12.1 Å². The van der Waals surface area contributed by atoms with Crippen LogP contribution >= 0.6 is 11.6 Å². The Morgan fingerprint density at radius 1 is 1.26 bits per heavy atom. The molecule has 1 atom stereocenters. The van der Waals surface area contributed by atoms with Gasteiger partial charge < -0.3 is 5.32 Å². The fraction of sp³-hybridized carbons (Fsp3) is 0.263. The average molecular weight is 444 g/mol. The molecule has 1 saturated heterocycles. The number of aromatic nitrogens is 4. The molecule has 1 aliphatic rings. The molecule has 1 N–H and O–H groups in total. The summed E-state index contributed by atoms with van der Waals surface area (Å²) in [5.41, 5.74) is 0.674. The maximum Gasteiger partial charge on any atom is 0.292 e. The number of benzene rings is 1. The van der Waals surface area contributed by atoms with Crippen LogP contribution < -0.4 is 15.8 Å². The van der Waals surface area contributed by atoms with Gasteiger partial charge in [0.1, 0.15) is 16.9 Å². The number of nitro groups is 1. The number of non-ortho nitro benzene ring substituents is 1. The van der Waals surface area contributed by atoms with Crippen LogP contribution in [0.2, 0.25) is 5.02 Å². The predicted molar refractivity (Wildman–Crippen MR) is 114 cm³/mol. The maximum absolute atomic E-state index is 12.9. The quantitative estimate of drug-likeness (QED) is 0.472. The normalized spacial score (nSPS) is 16.0. The van der Waals surface area contributed by atoms with E-state index in [2.05, 4.69) is 15.5 Å². The molecule has 4 rings (SSSR count). The summed E-state index contributed by atoms with van der Waals surface area (Å²) in [6, 6.07) is 6.63. The highest BCUT2D eigenvalue weighted by atomic mass is 35.5. The number of carbonyl (C=O) groups excluding carboxylic acids is 1. The molecule has 1 unspecified atom stereocenters. The Hall–Kier alpha value is -3.73. The van der Waals surface area contributed by atoms with Gasteiger partial charge in [-0.3, -0.25) is 29.3 Å². The molecule has 0 saturated carbocycles. The Bertz CT molecular complexity index is 1240. The lowest BCUT2D eigenvalue weighted by Gasteiger charge is -2.18. The molecule has 0 radical (unpaired) electrons. The van der Waals surface area contributed by atoms with Crippen molar-refractivity contribution in [3.8, 4) is 5.69 Å². The van der Waals surface area contributed by atoms with Crippen molar-refractivity contribution < 1.29 is 9.72 Å². The van der Waals surface area contributed by atoms with E-state index in [1.807, 2.05) is 13.0 Å². The first-order valence-corrected chi connectivity index (χ1v) is 9.75. The van der Waals surface area contributed by atoms with Gasteiger partial charge in [-0.25, -0.2) is 0 Å². The molecule has 160 valence electrons. The predicted octanol–water partition coefficient (Wildman–Crippen LogP) is 2.05. The van der Waals surface area contributed by atoms with Crippen LogP contribution in [-0.2, 0) is 11.8 Å². The lowest BCUT2D eigenvalue weighted by Crippen LogP contribution is -2.35. The Balaban J connectivity index is 1.55. The van der Waals surface area contributed by atoms with Crippen LogP contribution in [-0.4, -0.2) is 43.0 Å². The summed E-state index contributed by atoms with van der Waals surface area (Å²) in [4.78, 5) is 37.4. The Morgan fingerprint density at radius 2 is 1.97 bits per heavy atom. The Kier molecular flexibility index (Phi) is 5.19. The smallest absolute Gasteiger partial charge is 0.292 e. The third-order valence-electron chi connectivity index (χ3n) is 5.01. The first-order valence-electron chi connectivity index (χ1n) is 9.37. The van der Waals surface area contributed by atoms with Crippen LogP contribution in [0.15, 0.2) is 41.3 Å². The first kappa shape index (κ1) is 20.5. The van der Waals surface area contributed by atoms with E-state index in [0.717, 1.165) is 10.4 Å². The molecular weight excluding hydrogens is 426 g/mol. The van der Waals surface area contributed by atoms with Crippen molar-refractivity contribution in [3.05, 3.63) is 67.7 Å². The third-order valence-corrected chi connectivity index (χ3v) is 5.38. The third kappa shape index (κ3) is 3.75. The molecule has 0 aliphatic carbocycles. The topological polar surface area (TPSA) is 128 Å². The van der Waals surface area contributed by atoms with Crippen molar-refractivity contribution in [1.29, 1.82) is 0 Å². The average Bonchev–Trinajstić information content (AvgIpc) is 3.26. The van der Waals surface area contributed by atoms with Gasteiger partial charge in [0.15, 0.2) is 0 Å². The molecule has 2 aromatic heterocycles. The number of hydrogen-bond donors (Lipinski definition) is 1. The molecule has 1 aromatic carbocycles. The van der Waals surface area contributed by atoms with E-state index < -0.39 is 16.5 Å². The molecule has 12 heteroatoms. The van der Waals surface area contributed by atoms with E-state index in [9.17, 15) is 19.7 Å². The minimum absolute atomic E-state index is 0.103. The lowest BCUT2D eigenvalue weighted by atomic mass is 10.2. The summed E-state index contributed by atoms with van der Waals surface area (Å²) in [6.07, 6.45) is 1.88. The van der Waals surface area contributed by atoms with E-state index in [1.165, 1.54) is 30.5 Å². The number of nitrogens with one attached hydrogen (secondary N) is 1. The number of nitrogens with zero attached hydrogens (tertiary/aromatic N) is 6. The molecule has 1 fully saturated rings. The number of halogens is 1. The molecule has 1 amide bonds. The summed E-state index contributed by atoms with van der Waals surface area (Å²) in [7, 11) is 1.77. The molecule has 3 heterocycles. The van der Waals surface area contributed by atoms with Crippen LogP contribution in [0.25, 0.3) is 5.69 Å². The zero-order chi connectivity index (χ0) is 22.3. The maximum atomic E-state index is 12.9. The van der Waals surface area contributed by atoms with E-state index in [4.69, 9.17) is 11.6 Å². The standard InChI is InChI=1S/C19H18ClN7O4/c1-11-9-16(24(2)23-11)25-8-7-14(18(25)28)22-15-10-21-26(19(29)17(15)20)12-3-5-13(6-4-12)27(30)31/h3-6,9-10,14,22H,7-8H2,1-2H3. The number of nitro benzene ring substituents is 1. The van der Waals surface area contributed by atoms with Crippen LogP contribution in [0, 0.1) is 17.0 Å². The number of anilines is 2. The fourth-order valence-corrected chi connectivity index (χ4v) is 3.69. The zero-order valence-electron chi connectivity index (χ0n) is 16.6. The van der Waals surface area contributed by atoms with E-state index in [0.29, 0.717) is 24.5 Å². The molecule has 11 nitrogen and oxygen atoms in total. The largest absolute Gasteiger partial charge is 0.371 e. The van der Waals surface area contributed by atoms with E-state index >= 15 is 0 Å². The second-order valence-electron chi connectivity index (χ2n) is 7.11. The van der Waals surface area contributed by atoms with Crippen molar-refractivity contribution >= 4 is 34.7 Å². The minimum atomic E-state index is -0.606. The van der Waals surface area contributed by atoms with Gasteiger partial charge in [-0.05, 0) is 25.5 Å². The number of carbonyl (C=O) groups is 1. The van der Waals surface area contributed by atoms with Gasteiger partial charge in [0, 0.05) is 31.8 Å². The van der Waals surface area contributed by atoms with Crippen molar-refractivity contribution in [2.45, 2.75) is 19.4 Å². The lowest BCUT2D eigenvalue weighted by molar-refractivity contribution is -0.384. The number of hydrogen-bond acceptors (Lipinski definition) is 7. The van der Waals surface area contributed by atoms with Crippen molar-refractivity contribution in [2.75, 3.05) is 16.8 Å². The second-order valence-corrected chi connectivity index (χ2v) is 7.48. The van der Waals surface area contributed by atoms with Gasteiger partial charge in [0.2, 0.25) is 0 Å². The highest BCUT2D eigenvalue weighted by Crippen LogP contribution is 2.26. The van der Waals surface area contributed by atoms with Gasteiger partial charge in [-0.2, -0.15) is 14.9 Å². The van der Waals surface area contributed by atoms with Gasteiger partial charge in [-0.15, -0.1) is 0 Å². The zero-order valence-corrected chi connectivity index (χ0v) is 17.4. The van der Waals surface area contributed by atoms with E-state index in [-0.39, 0.29) is 22.3 Å². The summed E-state index contributed by atoms with van der Waals surface area (Å²) in [5.74, 6) is 0.545. The minimum Gasteiger partial charge on any atom is -0.371 e. The van der Waals surface area contributed by atoms with Crippen molar-refractivity contribution in [2.24, 2.45) is 7.05 Å². The Labute approximate surface area is 181 Å². The summed E-state index contributed by atoms with van der Waals surface area (Å²) >= 11 is 6.26. The Morgan fingerprint density at radius 3 is 2.58 bits per heavy atom. The van der Waals surface area contributed by atoms with Crippen LogP contribution in [0.3, 0.4) is 0 Å². The fourth-order valence-electron chi connectivity index (χ4n) is 3.51. The summed E-state index contributed by atoms with van der Waals surface area (Å²) in [6.45, 7) is 2.35. The molecular formula is C19H18ClN7O4. The van der Waals surface area contributed by atoms with Crippen LogP contribution in [0.5, 0.6) is 0 Å². The SMILES string of the molecule is Cc1cc(N2CCC(Nc3cnn(-c4ccc([N+](=O)[O-])cc4)c(=O)c3Cl)C2=O)n(C)n1. The molecule has 0 bridgehead atoms. The van der Waals surface area contributed by atoms with Crippen molar-refractivity contribution in [1.82, 2.24) is 19.6 Å². The molecule has 0 spiro atoms. The van der Waals surface area contributed by atoms with Crippen molar-refractivity contribution in [3.63, 3.8) is 0 Å². The summed E-state index contributed by atoms with van der Waals surface area (Å²) < 4.78 is 2.69. The number of amides is 1. The number of aryl methyl sites for hydroxylation is 2. The van der Waals surface area contributed by atoms with Gasteiger partial charge in [0.25, 0.3) is 17.2 Å². The highest BCUT2D eigenvalue weighted by Gasteiger charge is 2.34. The molecule has 3 aromatic rings. The second kappa shape index (κ2) is 7.84. The van der Waals surface area contributed by atoms with Gasteiger partial charge in [0.05, 0.1) is 28.2 Å². The molecule has 1 aliphatic heterocycles. The van der Waals surface area contributed by atoms with Gasteiger partial charge in [-0.1, -0.05) is 11.6 Å². The highest BCUT2D eigenvalue weighted by molar-refractivity contribution is 6.33. The monoisotopic (exact) mass is 443 g/mol. The van der Waals surface area contributed by atoms with E-state index in [1.54, 1.807) is 16.6 Å². The molecule has 31 heavy (non-hydrogen) atoms. The van der Waals surface area contributed by atoms with Crippen LogP contribution in [0.4, 0.5) is 17.2 Å². The van der Waals surface area contributed by atoms with Gasteiger partial charge >= 0.3 is 0 Å².